The molecule has 0 radical (unpaired) electrons. The van der Waals surface area contributed by atoms with E-state index in [0.29, 0.717) is 0 Å². The third kappa shape index (κ3) is 4.83. The predicted octanol–water partition coefficient (Wildman–Crippen LogP) is 2.46. The van der Waals surface area contributed by atoms with Crippen LogP contribution in [0, 0.1) is 0 Å². The first-order valence-corrected chi connectivity index (χ1v) is 4.82. The van der Waals surface area contributed by atoms with Crippen molar-refractivity contribution in [1.29, 1.82) is 0 Å². The Morgan fingerprint density at radius 2 is 2.00 bits per heavy atom. The maximum atomic E-state index is 10.8. The molecule has 1 atom stereocenters. The van der Waals surface area contributed by atoms with Gasteiger partial charge in [0.15, 0.2) is 5.78 Å². The molecule has 1 N–H and O–H groups in total. The fraction of sp³-hybridized carbons (Fsp3) is 0.727. The average Bonchev–Trinajstić information content (AvgIpc) is 1.99. The van der Waals surface area contributed by atoms with Gasteiger partial charge in [-0.05, 0) is 38.8 Å². The second kappa shape index (κ2) is 5.18. The highest BCUT2D eigenvalue weighted by atomic mass is 16.3. The number of rotatable bonds is 5. The molecule has 0 saturated heterocycles. The third-order valence-corrected chi connectivity index (χ3v) is 2.29. The van der Waals surface area contributed by atoms with Crippen molar-refractivity contribution in [2.45, 2.75) is 52.6 Å². The Balaban J connectivity index is 4.34. The molecule has 0 aromatic rings. The molecule has 0 aromatic carbocycles. The molecular formula is C11H20O2. The first kappa shape index (κ1) is 12.4. The second-order valence-electron chi connectivity index (χ2n) is 3.82. The number of ketones is 1. The van der Waals surface area contributed by atoms with Crippen LogP contribution in [-0.4, -0.2) is 16.5 Å². The molecular weight excluding hydrogens is 164 g/mol. The fourth-order valence-electron chi connectivity index (χ4n) is 1.18. The van der Waals surface area contributed by atoms with Gasteiger partial charge in [0.2, 0.25) is 0 Å². The molecule has 0 aliphatic rings. The summed E-state index contributed by atoms with van der Waals surface area (Å²) in [7, 11) is 0. The summed E-state index contributed by atoms with van der Waals surface area (Å²) in [5.74, 6) is -0.00530. The number of carbonyl (C=O) groups excluding carboxylic acids is 1. The number of allylic oxidation sites excluding steroid dienone is 1. The maximum absolute atomic E-state index is 10.8. The van der Waals surface area contributed by atoms with E-state index in [2.05, 4.69) is 6.92 Å². The van der Waals surface area contributed by atoms with Crippen LogP contribution in [0.4, 0.5) is 0 Å². The molecule has 0 heterocycles. The Morgan fingerprint density at radius 1 is 1.46 bits per heavy atom. The summed E-state index contributed by atoms with van der Waals surface area (Å²) in [6, 6.07) is 0. The van der Waals surface area contributed by atoms with Crippen LogP contribution in [0.3, 0.4) is 0 Å². The number of carbonyl (C=O) groups is 1. The summed E-state index contributed by atoms with van der Waals surface area (Å²) < 4.78 is 0. The molecule has 0 aliphatic carbocycles. The zero-order valence-electron chi connectivity index (χ0n) is 9.05. The normalized spacial score (nSPS) is 16.8. The van der Waals surface area contributed by atoms with E-state index >= 15 is 0 Å². The standard InChI is InChI=1S/C11H20O2/c1-5-6-7-11(4,13)9(2)8-10(3)12/h8,13H,5-7H2,1-4H3. The summed E-state index contributed by atoms with van der Waals surface area (Å²) in [5.41, 5.74) is -0.0600. The predicted molar refractivity (Wildman–Crippen MR) is 54.6 cm³/mol. The highest BCUT2D eigenvalue weighted by Crippen LogP contribution is 2.22. The van der Waals surface area contributed by atoms with Crippen molar-refractivity contribution in [2.24, 2.45) is 0 Å². The fourth-order valence-corrected chi connectivity index (χ4v) is 1.18. The van der Waals surface area contributed by atoms with Crippen molar-refractivity contribution in [2.75, 3.05) is 0 Å². The van der Waals surface area contributed by atoms with E-state index in [-0.39, 0.29) is 5.78 Å². The van der Waals surface area contributed by atoms with Gasteiger partial charge in [0.1, 0.15) is 0 Å². The zero-order valence-corrected chi connectivity index (χ0v) is 9.05. The van der Waals surface area contributed by atoms with E-state index in [4.69, 9.17) is 0 Å². The van der Waals surface area contributed by atoms with Crippen LogP contribution in [0.25, 0.3) is 0 Å². The van der Waals surface area contributed by atoms with Gasteiger partial charge in [-0.1, -0.05) is 19.8 Å². The van der Waals surface area contributed by atoms with E-state index in [1.165, 1.54) is 13.0 Å². The maximum Gasteiger partial charge on any atom is 0.152 e. The largest absolute Gasteiger partial charge is 0.386 e. The Morgan fingerprint density at radius 3 is 2.38 bits per heavy atom. The Kier molecular flexibility index (Phi) is 4.92. The van der Waals surface area contributed by atoms with E-state index < -0.39 is 5.60 Å². The first-order chi connectivity index (χ1) is 5.90. The molecule has 13 heavy (non-hydrogen) atoms. The smallest absolute Gasteiger partial charge is 0.152 e. The third-order valence-electron chi connectivity index (χ3n) is 2.29. The van der Waals surface area contributed by atoms with Crippen LogP contribution in [0.15, 0.2) is 11.6 Å². The van der Waals surface area contributed by atoms with Gasteiger partial charge in [-0.25, -0.2) is 0 Å². The molecule has 0 spiro atoms. The quantitative estimate of drug-likeness (QED) is 0.666. The van der Waals surface area contributed by atoms with Crippen molar-refractivity contribution in [3.63, 3.8) is 0 Å². The van der Waals surface area contributed by atoms with E-state index in [1.54, 1.807) is 13.8 Å². The Labute approximate surface area is 80.7 Å². The van der Waals surface area contributed by atoms with Crippen LogP contribution in [0.2, 0.25) is 0 Å². The summed E-state index contributed by atoms with van der Waals surface area (Å²) in [6.45, 7) is 7.15. The lowest BCUT2D eigenvalue weighted by Gasteiger charge is -2.23. The SMILES string of the molecule is CCCCC(C)(O)C(C)=CC(C)=O. The summed E-state index contributed by atoms with van der Waals surface area (Å²) in [5, 5.41) is 9.94. The topological polar surface area (TPSA) is 37.3 Å². The molecule has 1 unspecified atom stereocenters. The minimum atomic E-state index is -0.818. The van der Waals surface area contributed by atoms with Gasteiger partial charge in [0.05, 0.1) is 5.60 Å². The van der Waals surface area contributed by atoms with Crippen molar-refractivity contribution < 1.29 is 9.90 Å². The number of hydrogen-bond donors (Lipinski definition) is 1. The van der Waals surface area contributed by atoms with Gasteiger partial charge in [-0.3, -0.25) is 4.79 Å². The van der Waals surface area contributed by atoms with Crippen LogP contribution < -0.4 is 0 Å². The molecule has 0 saturated carbocycles. The van der Waals surface area contributed by atoms with Gasteiger partial charge < -0.3 is 5.11 Å². The highest BCUT2D eigenvalue weighted by molar-refractivity contribution is 5.88. The lowest BCUT2D eigenvalue weighted by molar-refractivity contribution is -0.112. The Bertz CT molecular complexity index is 202. The molecule has 0 amide bonds. The van der Waals surface area contributed by atoms with Gasteiger partial charge in [-0.15, -0.1) is 0 Å². The molecule has 0 aromatic heterocycles. The van der Waals surface area contributed by atoms with Crippen LogP contribution >= 0.6 is 0 Å². The molecule has 2 heteroatoms. The van der Waals surface area contributed by atoms with Crippen molar-refractivity contribution in [3.8, 4) is 0 Å². The number of unbranched alkanes of at least 4 members (excludes halogenated alkanes) is 1. The summed E-state index contributed by atoms with van der Waals surface area (Å²) in [6.07, 6.45) is 4.27. The Hall–Kier alpha value is -0.630. The second-order valence-corrected chi connectivity index (χ2v) is 3.82. The summed E-state index contributed by atoms with van der Waals surface area (Å²) in [4.78, 5) is 10.8. The van der Waals surface area contributed by atoms with Gasteiger partial charge in [-0.2, -0.15) is 0 Å². The number of aliphatic hydroxyl groups is 1. The monoisotopic (exact) mass is 184 g/mol. The van der Waals surface area contributed by atoms with Crippen LogP contribution in [-0.2, 0) is 4.79 Å². The molecule has 76 valence electrons. The minimum Gasteiger partial charge on any atom is -0.386 e. The lowest BCUT2D eigenvalue weighted by atomic mass is 9.90. The van der Waals surface area contributed by atoms with Crippen LogP contribution in [0.5, 0.6) is 0 Å². The first-order valence-electron chi connectivity index (χ1n) is 4.82. The molecule has 0 bridgehead atoms. The van der Waals surface area contributed by atoms with Gasteiger partial charge in [0.25, 0.3) is 0 Å². The molecule has 0 fully saturated rings. The average molecular weight is 184 g/mol. The van der Waals surface area contributed by atoms with Gasteiger partial charge in [0, 0.05) is 0 Å². The summed E-state index contributed by atoms with van der Waals surface area (Å²) >= 11 is 0. The van der Waals surface area contributed by atoms with E-state index in [0.717, 1.165) is 24.8 Å². The van der Waals surface area contributed by atoms with Crippen molar-refractivity contribution in [1.82, 2.24) is 0 Å². The molecule has 0 rings (SSSR count). The molecule has 2 nitrogen and oxygen atoms in total. The van der Waals surface area contributed by atoms with Crippen molar-refractivity contribution in [3.05, 3.63) is 11.6 Å². The highest BCUT2D eigenvalue weighted by Gasteiger charge is 2.21. The lowest BCUT2D eigenvalue weighted by Crippen LogP contribution is -2.25. The van der Waals surface area contributed by atoms with Gasteiger partial charge >= 0.3 is 0 Å². The number of hydrogen-bond acceptors (Lipinski definition) is 2. The van der Waals surface area contributed by atoms with E-state index in [1.807, 2.05) is 0 Å². The van der Waals surface area contributed by atoms with E-state index in [9.17, 15) is 9.90 Å². The van der Waals surface area contributed by atoms with Crippen LogP contribution in [0.1, 0.15) is 47.0 Å². The molecule has 0 aliphatic heterocycles. The van der Waals surface area contributed by atoms with Crippen molar-refractivity contribution >= 4 is 5.78 Å². The zero-order chi connectivity index (χ0) is 10.5. The minimum absolute atomic E-state index is 0.00530.